The second kappa shape index (κ2) is 6.99. The number of nitrogens with one attached hydrogen (secondary N) is 2. The number of H-pyrrole nitrogens is 1. The lowest BCUT2D eigenvalue weighted by atomic mass is 9.94. The Kier molecular flexibility index (Phi) is 4.52. The van der Waals surface area contributed by atoms with E-state index in [1.807, 2.05) is 48.7 Å². The zero-order valence-corrected chi connectivity index (χ0v) is 15.7. The molecule has 1 aliphatic rings. The number of methoxy groups -OCH3 is 2. The summed E-state index contributed by atoms with van der Waals surface area (Å²) in [4.78, 5) is 16.2. The van der Waals surface area contributed by atoms with Crippen LogP contribution in [0.4, 0.5) is 0 Å². The fraction of sp³-hybridized carbons (Fsp3) is 0.318. The van der Waals surface area contributed by atoms with Crippen molar-refractivity contribution in [2.45, 2.75) is 24.7 Å². The average Bonchev–Trinajstić information content (AvgIpc) is 3.41. The molecule has 4 rings (SSSR count). The van der Waals surface area contributed by atoms with Gasteiger partial charge in [-0.1, -0.05) is 12.1 Å². The molecule has 0 saturated heterocycles. The Bertz CT molecular complexity index is 955. The Morgan fingerprint density at radius 2 is 1.78 bits per heavy atom. The molecular weight excluding hydrogens is 340 g/mol. The number of aromatic amines is 1. The number of rotatable bonds is 7. The maximum absolute atomic E-state index is 12.9. The van der Waals surface area contributed by atoms with E-state index in [4.69, 9.17) is 9.47 Å². The lowest BCUT2D eigenvalue weighted by Gasteiger charge is -2.15. The quantitative estimate of drug-likeness (QED) is 0.674. The summed E-state index contributed by atoms with van der Waals surface area (Å²) in [6, 6.07) is 13.9. The van der Waals surface area contributed by atoms with Crippen molar-refractivity contribution in [1.29, 1.82) is 0 Å². The summed E-state index contributed by atoms with van der Waals surface area (Å²) < 4.78 is 10.5. The first kappa shape index (κ1) is 17.5. The van der Waals surface area contributed by atoms with Gasteiger partial charge in [-0.25, -0.2) is 0 Å². The van der Waals surface area contributed by atoms with Crippen molar-refractivity contribution in [3.63, 3.8) is 0 Å². The first-order valence-corrected chi connectivity index (χ1v) is 9.23. The molecule has 2 N–H and O–H groups in total. The smallest absolute Gasteiger partial charge is 0.230 e. The van der Waals surface area contributed by atoms with Gasteiger partial charge in [0.15, 0.2) is 0 Å². The molecule has 0 spiro atoms. The second-order valence-electron chi connectivity index (χ2n) is 7.05. The molecule has 140 valence electrons. The van der Waals surface area contributed by atoms with Crippen LogP contribution in [-0.2, 0) is 16.6 Å². The van der Waals surface area contributed by atoms with Crippen LogP contribution in [0, 0.1) is 0 Å². The van der Waals surface area contributed by atoms with Crippen LogP contribution in [0.2, 0.25) is 0 Å². The molecule has 1 amide bonds. The number of amides is 1. The largest absolute Gasteiger partial charge is 0.497 e. The van der Waals surface area contributed by atoms with Crippen molar-refractivity contribution in [3.05, 3.63) is 59.8 Å². The highest BCUT2D eigenvalue weighted by molar-refractivity contribution is 5.98. The molecule has 3 aromatic rings. The zero-order valence-electron chi connectivity index (χ0n) is 15.7. The number of carbonyl (C=O) groups excluding carboxylic acids is 1. The van der Waals surface area contributed by atoms with E-state index in [1.165, 1.54) is 5.56 Å². The van der Waals surface area contributed by atoms with Crippen LogP contribution in [0.1, 0.15) is 24.0 Å². The molecule has 0 unspecified atom stereocenters. The van der Waals surface area contributed by atoms with E-state index < -0.39 is 5.41 Å². The van der Waals surface area contributed by atoms with E-state index in [0.717, 1.165) is 47.2 Å². The van der Waals surface area contributed by atoms with Crippen molar-refractivity contribution in [2.24, 2.45) is 0 Å². The van der Waals surface area contributed by atoms with Crippen LogP contribution < -0.4 is 14.8 Å². The molecule has 1 aromatic heterocycles. The van der Waals surface area contributed by atoms with Crippen molar-refractivity contribution in [2.75, 3.05) is 20.8 Å². The molecule has 1 heterocycles. The van der Waals surface area contributed by atoms with Crippen molar-refractivity contribution < 1.29 is 14.3 Å². The van der Waals surface area contributed by atoms with Gasteiger partial charge < -0.3 is 19.8 Å². The summed E-state index contributed by atoms with van der Waals surface area (Å²) in [5.41, 5.74) is 2.86. The van der Waals surface area contributed by atoms with E-state index in [-0.39, 0.29) is 5.91 Å². The minimum atomic E-state index is -0.412. The zero-order chi connectivity index (χ0) is 18.9. The Hall–Kier alpha value is -2.95. The lowest BCUT2D eigenvalue weighted by molar-refractivity contribution is -0.123. The van der Waals surface area contributed by atoms with Gasteiger partial charge in [-0.2, -0.15) is 0 Å². The van der Waals surface area contributed by atoms with Crippen LogP contribution in [0.15, 0.2) is 48.7 Å². The van der Waals surface area contributed by atoms with Crippen molar-refractivity contribution >= 4 is 16.8 Å². The average molecular weight is 364 g/mol. The Morgan fingerprint density at radius 1 is 1.07 bits per heavy atom. The van der Waals surface area contributed by atoms with Gasteiger partial charge in [0, 0.05) is 23.6 Å². The summed E-state index contributed by atoms with van der Waals surface area (Å²) in [6.45, 7) is 0.624. The van der Waals surface area contributed by atoms with Gasteiger partial charge >= 0.3 is 0 Å². The standard InChI is InChI=1S/C22H24N2O3/c1-26-16-5-3-15(4-6-16)9-12-23-21(25)22(10-11-22)19-14-24-20-8-7-17(27-2)13-18(19)20/h3-8,13-14,24H,9-12H2,1-2H3,(H,23,25). The van der Waals surface area contributed by atoms with Gasteiger partial charge in [0.1, 0.15) is 11.5 Å². The SMILES string of the molecule is COc1ccc(CCNC(=O)C2(c3c[nH]c4ccc(OC)cc34)CC2)cc1. The minimum Gasteiger partial charge on any atom is -0.497 e. The first-order valence-electron chi connectivity index (χ1n) is 9.23. The molecule has 1 fully saturated rings. The maximum Gasteiger partial charge on any atom is 0.230 e. The summed E-state index contributed by atoms with van der Waals surface area (Å²) in [5, 5.41) is 4.20. The fourth-order valence-electron chi connectivity index (χ4n) is 3.65. The normalized spacial score (nSPS) is 14.7. The summed E-state index contributed by atoms with van der Waals surface area (Å²) in [5.74, 6) is 1.76. The molecule has 5 nitrogen and oxygen atoms in total. The monoisotopic (exact) mass is 364 g/mol. The Balaban J connectivity index is 1.45. The molecule has 1 saturated carbocycles. The van der Waals surface area contributed by atoms with Crippen LogP contribution in [0.3, 0.4) is 0 Å². The summed E-state index contributed by atoms with van der Waals surface area (Å²) in [6.07, 6.45) is 4.53. The molecule has 0 atom stereocenters. The highest BCUT2D eigenvalue weighted by Crippen LogP contribution is 2.51. The molecule has 1 aliphatic carbocycles. The molecule has 5 heteroatoms. The topological polar surface area (TPSA) is 63.3 Å². The molecule has 0 bridgehead atoms. The predicted molar refractivity (Wildman–Crippen MR) is 105 cm³/mol. The van der Waals surface area contributed by atoms with E-state index in [1.54, 1.807) is 14.2 Å². The number of aromatic nitrogens is 1. The maximum atomic E-state index is 12.9. The third-order valence-electron chi connectivity index (χ3n) is 5.45. The first-order chi connectivity index (χ1) is 13.2. The predicted octanol–water partition coefficient (Wildman–Crippen LogP) is 3.58. The summed E-state index contributed by atoms with van der Waals surface area (Å²) >= 11 is 0. The van der Waals surface area contributed by atoms with E-state index in [2.05, 4.69) is 10.3 Å². The van der Waals surface area contributed by atoms with Crippen LogP contribution in [0.25, 0.3) is 10.9 Å². The van der Waals surface area contributed by atoms with Gasteiger partial charge in [-0.15, -0.1) is 0 Å². The number of fused-ring (bicyclic) bond motifs is 1. The highest BCUT2D eigenvalue weighted by Gasteiger charge is 2.52. The van der Waals surface area contributed by atoms with Crippen molar-refractivity contribution in [3.8, 4) is 11.5 Å². The minimum absolute atomic E-state index is 0.111. The van der Waals surface area contributed by atoms with Crippen molar-refractivity contribution in [1.82, 2.24) is 10.3 Å². The molecule has 0 radical (unpaired) electrons. The van der Waals surface area contributed by atoms with E-state index >= 15 is 0 Å². The number of hydrogen-bond acceptors (Lipinski definition) is 3. The van der Waals surface area contributed by atoms with Crippen LogP contribution >= 0.6 is 0 Å². The highest BCUT2D eigenvalue weighted by atomic mass is 16.5. The number of benzene rings is 2. The number of hydrogen-bond donors (Lipinski definition) is 2. The molecule has 0 aliphatic heterocycles. The number of carbonyl (C=O) groups is 1. The van der Waals surface area contributed by atoms with E-state index in [9.17, 15) is 4.79 Å². The van der Waals surface area contributed by atoms with Crippen LogP contribution in [0.5, 0.6) is 11.5 Å². The molecule has 27 heavy (non-hydrogen) atoms. The summed E-state index contributed by atoms with van der Waals surface area (Å²) in [7, 11) is 3.32. The molecule has 2 aromatic carbocycles. The Morgan fingerprint density at radius 3 is 2.44 bits per heavy atom. The van der Waals surface area contributed by atoms with Gasteiger partial charge in [0.2, 0.25) is 5.91 Å². The van der Waals surface area contributed by atoms with Gasteiger partial charge in [0.05, 0.1) is 19.6 Å². The number of ether oxygens (including phenoxy) is 2. The van der Waals surface area contributed by atoms with Gasteiger partial charge in [0.25, 0.3) is 0 Å². The van der Waals surface area contributed by atoms with E-state index in [0.29, 0.717) is 6.54 Å². The van der Waals surface area contributed by atoms with Crippen LogP contribution in [-0.4, -0.2) is 31.7 Å². The molecular formula is C22H24N2O3. The fourth-order valence-corrected chi connectivity index (χ4v) is 3.65. The van der Waals surface area contributed by atoms with Gasteiger partial charge in [-0.3, -0.25) is 4.79 Å². The van der Waals surface area contributed by atoms with Gasteiger partial charge in [-0.05, 0) is 60.7 Å². The lowest BCUT2D eigenvalue weighted by Crippen LogP contribution is -2.35. The second-order valence-corrected chi connectivity index (χ2v) is 7.05. The Labute approximate surface area is 158 Å². The third-order valence-corrected chi connectivity index (χ3v) is 5.45. The third kappa shape index (κ3) is 3.25.